The maximum Gasteiger partial charge on any atom is 0.397 e. The van der Waals surface area contributed by atoms with Crippen LogP contribution in [0.5, 0.6) is 0 Å². The monoisotopic (exact) mass is 777 g/mol. The molecule has 8 unspecified atom stereocenters. The van der Waals surface area contributed by atoms with Crippen molar-refractivity contribution in [3.05, 3.63) is 36.5 Å². The molecule has 8 atom stereocenters. The lowest BCUT2D eigenvalue weighted by molar-refractivity contribution is -0.298. The van der Waals surface area contributed by atoms with Crippen molar-refractivity contribution in [2.75, 3.05) is 13.2 Å². The van der Waals surface area contributed by atoms with Crippen LogP contribution in [-0.2, 0) is 28.9 Å². The number of carbonyl (C=O) groups is 1. The van der Waals surface area contributed by atoms with Gasteiger partial charge in [-0.05, 0) is 32.1 Å². The summed E-state index contributed by atoms with van der Waals surface area (Å²) >= 11 is 0. The van der Waals surface area contributed by atoms with Gasteiger partial charge in [0.05, 0.1) is 25.4 Å². The van der Waals surface area contributed by atoms with E-state index >= 15 is 0 Å². The normalized spacial score (nSPS) is 22.9. The average Bonchev–Trinajstić information content (AvgIpc) is 3.12. The summed E-state index contributed by atoms with van der Waals surface area (Å²) in [5.41, 5.74) is 0. The highest BCUT2D eigenvalue weighted by molar-refractivity contribution is 7.80. The minimum Gasteiger partial charge on any atom is -0.394 e. The lowest BCUT2D eigenvalue weighted by Crippen LogP contribution is -2.61. The molecule has 1 rings (SSSR count). The molecule has 0 aromatic rings. The van der Waals surface area contributed by atoms with Gasteiger partial charge >= 0.3 is 10.4 Å². The third-order valence-electron chi connectivity index (χ3n) is 9.28. The molecule has 1 aliphatic rings. The van der Waals surface area contributed by atoms with Crippen LogP contribution in [0.3, 0.4) is 0 Å². The van der Waals surface area contributed by atoms with Crippen LogP contribution in [0.15, 0.2) is 36.5 Å². The Labute approximate surface area is 318 Å². The molecule has 0 saturated carbocycles. The summed E-state index contributed by atoms with van der Waals surface area (Å²) in [7, 11) is -5.12. The predicted molar refractivity (Wildman–Crippen MR) is 205 cm³/mol. The molecule has 53 heavy (non-hydrogen) atoms. The van der Waals surface area contributed by atoms with Gasteiger partial charge in [0.15, 0.2) is 6.29 Å². The van der Waals surface area contributed by atoms with Gasteiger partial charge in [0.25, 0.3) is 0 Å². The summed E-state index contributed by atoms with van der Waals surface area (Å²) in [5.74, 6) is -0.773. The zero-order chi connectivity index (χ0) is 39.3. The van der Waals surface area contributed by atoms with Gasteiger partial charge in [0.1, 0.15) is 30.5 Å². The largest absolute Gasteiger partial charge is 0.397 e. The Hall–Kier alpha value is -1.72. The van der Waals surface area contributed by atoms with Crippen LogP contribution < -0.4 is 5.32 Å². The molecule has 1 fully saturated rings. The Morgan fingerprint density at radius 2 is 1.30 bits per heavy atom. The van der Waals surface area contributed by atoms with Gasteiger partial charge < -0.3 is 40.3 Å². The van der Waals surface area contributed by atoms with Crippen LogP contribution in [0.2, 0.25) is 0 Å². The summed E-state index contributed by atoms with van der Waals surface area (Å²) in [4.78, 5) is 13.0. The van der Waals surface area contributed by atoms with Crippen LogP contribution in [0.4, 0.5) is 0 Å². The van der Waals surface area contributed by atoms with Crippen molar-refractivity contribution in [3.63, 3.8) is 0 Å². The first kappa shape index (κ1) is 49.3. The van der Waals surface area contributed by atoms with E-state index in [1.807, 2.05) is 12.2 Å². The second-order valence-corrected chi connectivity index (χ2v) is 15.1. The lowest BCUT2D eigenvalue weighted by Gasteiger charge is -2.41. The maximum atomic E-state index is 13.0. The van der Waals surface area contributed by atoms with Gasteiger partial charge in [-0.2, -0.15) is 8.42 Å². The van der Waals surface area contributed by atoms with Gasteiger partial charge in [-0.3, -0.25) is 9.35 Å². The summed E-state index contributed by atoms with van der Waals surface area (Å²) in [5, 5.41) is 54.7. The SMILES string of the molecule is CCCCCCCC/C=C\C/C=C\CC(O)C(=O)NC(COC1OC(CO)C(O)C(OS(=O)(=O)O)C1O)C(O)/C=C/CCCCCCCCCCCC. The van der Waals surface area contributed by atoms with E-state index in [-0.39, 0.29) is 6.42 Å². The number of aliphatic hydroxyl groups is 5. The summed E-state index contributed by atoms with van der Waals surface area (Å²) in [6.07, 6.45) is 21.2. The van der Waals surface area contributed by atoms with Gasteiger partial charge in [-0.1, -0.05) is 140 Å². The standard InChI is InChI=1S/C39H71NO12S/c1-3-5-7-9-11-13-15-17-19-21-23-25-27-32(42)31(30-50-39-36(45)37(52-53(47,48)49)35(44)34(29-41)51-39)40-38(46)33(43)28-26-24-22-20-18-16-14-12-10-8-6-4-2/h18,20,24-27,31-37,39,41-45H,3-17,19,21-23,28-30H2,1-2H3,(H,40,46)(H,47,48,49)/b20-18-,26-24-,27-25+. The first-order chi connectivity index (χ1) is 25.4. The van der Waals surface area contributed by atoms with E-state index in [0.717, 1.165) is 32.1 Å². The first-order valence-electron chi connectivity index (χ1n) is 20.0. The van der Waals surface area contributed by atoms with E-state index in [1.54, 1.807) is 12.2 Å². The topological polar surface area (TPSA) is 212 Å². The fraction of sp³-hybridized carbons (Fsp3) is 0.821. The number of ether oxygens (including phenoxy) is 2. The lowest BCUT2D eigenvalue weighted by atomic mass is 9.99. The average molecular weight is 778 g/mol. The Balaban J connectivity index is 2.75. The van der Waals surface area contributed by atoms with E-state index in [4.69, 9.17) is 14.0 Å². The third kappa shape index (κ3) is 23.7. The molecule has 7 N–H and O–H groups in total. The molecule has 0 radical (unpaired) electrons. The minimum absolute atomic E-state index is 0.0323. The summed E-state index contributed by atoms with van der Waals surface area (Å²) in [6.45, 7) is 3.11. The van der Waals surface area contributed by atoms with Gasteiger partial charge in [-0.25, -0.2) is 4.18 Å². The fourth-order valence-corrected chi connectivity index (χ4v) is 6.54. The number of unbranched alkanes of at least 4 members (excludes halogenated alkanes) is 16. The number of amides is 1. The predicted octanol–water partition coefficient (Wildman–Crippen LogP) is 5.35. The van der Waals surface area contributed by atoms with Crippen LogP contribution in [0, 0.1) is 0 Å². The highest BCUT2D eigenvalue weighted by Crippen LogP contribution is 2.26. The zero-order valence-corrected chi connectivity index (χ0v) is 33.0. The van der Waals surface area contributed by atoms with Crippen molar-refractivity contribution in [2.24, 2.45) is 0 Å². The molecule has 14 heteroatoms. The molecule has 1 saturated heterocycles. The Bertz CT molecular complexity index is 1120. The molecule has 0 bridgehead atoms. The van der Waals surface area contributed by atoms with Gasteiger partial charge in [-0.15, -0.1) is 0 Å². The molecular formula is C39H71NO12S. The number of rotatable bonds is 32. The minimum atomic E-state index is -5.12. The highest BCUT2D eigenvalue weighted by atomic mass is 32.3. The molecule has 0 spiro atoms. The molecule has 0 aliphatic carbocycles. The van der Waals surface area contributed by atoms with Crippen molar-refractivity contribution in [1.29, 1.82) is 0 Å². The van der Waals surface area contributed by atoms with Crippen molar-refractivity contribution < 1.29 is 57.0 Å². The van der Waals surface area contributed by atoms with Crippen molar-refractivity contribution in [3.8, 4) is 0 Å². The molecule has 1 aliphatic heterocycles. The Morgan fingerprint density at radius 3 is 1.85 bits per heavy atom. The molecule has 1 heterocycles. The number of allylic oxidation sites excluding steroid dienone is 4. The number of nitrogens with one attached hydrogen (secondary N) is 1. The van der Waals surface area contributed by atoms with E-state index < -0.39 is 78.5 Å². The quantitative estimate of drug-likeness (QED) is 0.0262. The van der Waals surface area contributed by atoms with Crippen molar-refractivity contribution in [2.45, 2.75) is 191 Å². The van der Waals surface area contributed by atoms with Crippen molar-refractivity contribution in [1.82, 2.24) is 5.32 Å². The molecule has 13 nitrogen and oxygen atoms in total. The van der Waals surface area contributed by atoms with Gasteiger partial charge in [0, 0.05) is 6.42 Å². The number of hydrogen-bond donors (Lipinski definition) is 7. The van der Waals surface area contributed by atoms with Crippen LogP contribution in [0.1, 0.15) is 142 Å². The van der Waals surface area contributed by atoms with E-state index in [9.17, 15) is 38.7 Å². The molecule has 310 valence electrons. The second-order valence-electron chi connectivity index (χ2n) is 14.0. The summed E-state index contributed by atoms with van der Waals surface area (Å²) in [6, 6.07) is -1.15. The van der Waals surface area contributed by atoms with Crippen molar-refractivity contribution >= 4 is 16.3 Å². The Morgan fingerprint density at radius 1 is 0.774 bits per heavy atom. The molecule has 1 amide bonds. The zero-order valence-electron chi connectivity index (χ0n) is 32.2. The number of aliphatic hydroxyl groups excluding tert-OH is 5. The van der Waals surface area contributed by atoms with Crippen LogP contribution >= 0.6 is 0 Å². The Kier molecular flexibility index (Phi) is 28.4. The van der Waals surface area contributed by atoms with E-state index in [2.05, 4.69) is 29.4 Å². The first-order valence-corrected chi connectivity index (χ1v) is 21.3. The summed E-state index contributed by atoms with van der Waals surface area (Å²) < 4.78 is 47.2. The number of carbonyl (C=O) groups excluding carboxylic acids is 1. The van der Waals surface area contributed by atoms with E-state index in [0.29, 0.717) is 12.8 Å². The molecule has 0 aromatic heterocycles. The maximum absolute atomic E-state index is 13.0. The third-order valence-corrected chi connectivity index (χ3v) is 9.75. The number of hydrogen-bond acceptors (Lipinski definition) is 11. The highest BCUT2D eigenvalue weighted by Gasteiger charge is 2.48. The van der Waals surface area contributed by atoms with Crippen LogP contribution in [0.25, 0.3) is 0 Å². The van der Waals surface area contributed by atoms with E-state index in [1.165, 1.54) is 83.1 Å². The fourth-order valence-electron chi connectivity index (χ4n) is 6.03. The van der Waals surface area contributed by atoms with Crippen LogP contribution in [-0.4, -0.2) is 107 Å². The molecular weight excluding hydrogens is 706 g/mol. The second kappa shape index (κ2) is 30.5. The smallest absolute Gasteiger partial charge is 0.394 e. The van der Waals surface area contributed by atoms with Gasteiger partial charge in [0.2, 0.25) is 5.91 Å². The molecule has 0 aromatic carbocycles.